The number of carbonyl (C=O) groups excluding carboxylic acids is 2. The van der Waals surface area contributed by atoms with Gasteiger partial charge in [-0.1, -0.05) is 18.2 Å². The topological polar surface area (TPSA) is 75.9 Å². The van der Waals surface area contributed by atoms with E-state index in [0.717, 1.165) is 47.8 Å². The molecular weight excluding hydrogens is 496 g/mol. The van der Waals surface area contributed by atoms with Crippen molar-refractivity contribution in [3.63, 3.8) is 0 Å². The van der Waals surface area contributed by atoms with Crippen molar-refractivity contribution in [1.82, 2.24) is 14.8 Å². The van der Waals surface area contributed by atoms with Crippen molar-refractivity contribution in [2.24, 2.45) is 16.8 Å². The van der Waals surface area contributed by atoms with Crippen molar-refractivity contribution in [3.8, 4) is 0 Å². The molecule has 1 aromatic heterocycles. The van der Waals surface area contributed by atoms with E-state index in [0.29, 0.717) is 29.3 Å². The van der Waals surface area contributed by atoms with E-state index in [-0.39, 0.29) is 18.4 Å². The van der Waals surface area contributed by atoms with Gasteiger partial charge >= 0.3 is 0 Å². The average molecular weight is 537 g/mol. The number of allylic oxidation sites excluding steroid dienone is 1. The normalized spacial score (nSPS) is 25.7. The van der Waals surface area contributed by atoms with Crippen LogP contribution in [0.2, 0.25) is 0 Å². The minimum absolute atomic E-state index is 0.125. The third kappa shape index (κ3) is 5.36. The van der Waals surface area contributed by atoms with Gasteiger partial charge in [-0.3, -0.25) is 14.5 Å². The number of aromatic nitrogens is 1. The minimum Gasteiger partial charge on any atom is -0.379 e. The number of ether oxygens (including phenoxy) is 1. The number of hydrogen-bond donors (Lipinski definition) is 1. The predicted molar refractivity (Wildman–Crippen MR) is 155 cm³/mol. The number of carbonyl (C=O) groups is 2. The summed E-state index contributed by atoms with van der Waals surface area (Å²) < 4.78 is 7.94. The molecule has 1 unspecified atom stereocenters. The molecule has 38 heavy (non-hydrogen) atoms. The molecule has 8 heteroatoms. The Balaban J connectivity index is 1.33. The first-order valence-corrected chi connectivity index (χ1v) is 15.2. The first-order chi connectivity index (χ1) is 18.4. The first kappa shape index (κ1) is 27.2. The second kappa shape index (κ2) is 11.8. The molecule has 5 rings (SSSR count). The number of amides is 2. The second-order valence-electron chi connectivity index (χ2n) is 10.9. The zero-order valence-corrected chi connectivity index (χ0v) is 23.9. The number of fused-ring (bicyclic) bond motifs is 1. The van der Waals surface area contributed by atoms with E-state index >= 15 is 0 Å². The van der Waals surface area contributed by atoms with Crippen LogP contribution in [0.4, 0.5) is 0 Å². The fourth-order valence-corrected chi connectivity index (χ4v) is 7.45. The van der Waals surface area contributed by atoms with Crippen LogP contribution in [-0.2, 0) is 9.53 Å². The summed E-state index contributed by atoms with van der Waals surface area (Å²) in [4.78, 5) is 33.9. The molecule has 1 saturated carbocycles. The molecule has 2 amide bonds. The van der Waals surface area contributed by atoms with Crippen molar-refractivity contribution in [2.45, 2.75) is 58.5 Å². The molecule has 3 aliphatic rings. The van der Waals surface area contributed by atoms with Gasteiger partial charge in [0, 0.05) is 58.9 Å². The summed E-state index contributed by atoms with van der Waals surface area (Å²) in [5.74, 6) is -0.157. The summed E-state index contributed by atoms with van der Waals surface area (Å²) in [6, 6.07) is 9.20. The number of aliphatic imine (C=N–C) groups is 1. The Morgan fingerprint density at radius 2 is 1.87 bits per heavy atom. The highest BCUT2D eigenvalue weighted by Gasteiger charge is 2.33. The van der Waals surface area contributed by atoms with Crippen LogP contribution in [0.15, 0.2) is 40.2 Å². The maximum absolute atomic E-state index is 13.6. The lowest BCUT2D eigenvalue weighted by Gasteiger charge is -2.40. The summed E-state index contributed by atoms with van der Waals surface area (Å²) >= 11 is 1.54. The molecule has 1 aliphatic carbocycles. The van der Waals surface area contributed by atoms with Crippen LogP contribution in [0, 0.1) is 18.8 Å². The summed E-state index contributed by atoms with van der Waals surface area (Å²) in [6.45, 7) is 10.3. The van der Waals surface area contributed by atoms with Crippen molar-refractivity contribution >= 4 is 40.2 Å². The standard InChI is InChI=1S/C30H40N4O3S/c1-19-17-27(38-4)25(29(35)32-19)18-31-30(36)28-21(3)34(26-8-6-5-7-24(26)28)20(2)22-9-11-23(12-10-22)33-13-15-37-16-14-33/h5-8,17,20,22-23,25H,9-16,18H2,1-4H3,(H,31,36)/t20-,22?,23?,25?/m1/s1. The predicted octanol–water partition coefficient (Wildman–Crippen LogP) is 5.00. The fraction of sp³-hybridized carbons (Fsp3) is 0.567. The van der Waals surface area contributed by atoms with Gasteiger partial charge in [-0.15, -0.1) is 11.8 Å². The minimum atomic E-state index is -0.424. The van der Waals surface area contributed by atoms with E-state index < -0.39 is 5.92 Å². The molecule has 0 bridgehead atoms. The fourth-order valence-electron chi connectivity index (χ4n) is 6.69. The quantitative estimate of drug-likeness (QED) is 0.539. The lowest BCUT2D eigenvalue weighted by molar-refractivity contribution is -0.120. The summed E-state index contributed by atoms with van der Waals surface area (Å²) in [6.07, 6.45) is 8.75. The SMILES string of the molecule is CSC1=CC(C)=NC(=O)C1CNC(=O)c1c(C)n([C@H](C)C2CCC(N3CCOCC3)CC2)c2ccccc12. The van der Waals surface area contributed by atoms with E-state index in [1.165, 1.54) is 25.7 Å². The van der Waals surface area contributed by atoms with Gasteiger partial charge in [0.05, 0.1) is 24.7 Å². The molecule has 0 radical (unpaired) electrons. The molecule has 1 saturated heterocycles. The van der Waals surface area contributed by atoms with Crippen molar-refractivity contribution < 1.29 is 14.3 Å². The number of benzene rings is 1. The lowest BCUT2D eigenvalue weighted by atomic mass is 9.81. The Bertz CT molecular complexity index is 1250. The van der Waals surface area contributed by atoms with Crippen LogP contribution in [0.3, 0.4) is 0 Å². The molecule has 2 fully saturated rings. The smallest absolute Gasteiger partial charge is 0.255 e. The Morgan fingerprint density at radius 1 is 1.16 bits per heavy atom. The van der Waals surface area contributed by atoms with Crippen molar-refractivity contribution in [2.75, 3.05) is 39.1 Å². The first-order valence-electron chi connectivity index (χ1n) is 13.9. The van der Waals surface area contributed by atoms with Crippen LogP contribution in [-0.4, -0.2) is 72.1 Å². The molecule has 1 N–H and O–H groups in total. The molecule has 0 spiro atoms. The molecule has 2 atom stereocenters. The number of para-hydroxylation sites is 1. The third-order valence-electron chi connectivity index (χ3n) is 8.76. The van der Waals surface area contributed by atoms with Crippen LogP contribution in [0.25, 0.3) is 10.9 Å². The number of dihydropyridines is 1. The maximum Gasteiger partial charge on any atom is 0.255 e. The second-order valence-corrected chi connectivity index (χ2v) is 11.8. The van der Waals surface area contributed by atoms with Gasteiger partial charge in [-0.05, 0) is 70.8 Å². The highest BCUT2D eigenvalue weighted by molar-refractivity contribution is 8.02. The molecular formula is C30H40N4O3S. The number of morpholine rings is 1. The monoisotopic (exact) mass is 536 g/mol. The molecule has 7 nitrogen and oxygen atoms in total. The van der Waals surface area contributed by atoms with Crippen LogP contribution in [0.1, 0.15) is 61.6 Å². The number of hydrogen-bond acceptors (Lipinski definition) is 5. The van der Waals surface area contributed by atoms with E-state index in [2.05, 4.69) is 45.8 Å². The van der Waals surface area contributed by atoms with Gasteiger partial charge in [0.25, 0.3) is 11.8 Å². The van der Waals surface area contributed by atoms with Gasteiger partial charge in [-0.2, -0.15) is 0 Å². The molecule has 204 valence electrons. The summed E-state index contributed by atoms with van der Waals surface area (Å²) in [7, 11) is 0. The highest BCUT2D eigenvalue weighted by atomic mass is 32.2. The largest absolute Gasteiger partial charge is 0.379 e. The summed E-state index contributed by atoms with van der Waals surface area (Å²) in [5, 5.41) is 4.05. The van der Waals surface area contributed by atoms with E-state index in [1.807, 2.05) is 31.4 Å². The van der Waals surface area contributed by atoms with Gasteiger partial charge < -0.3 is 14.6 Å². The Morgan fingerprint density at radius 3 is 2.58 bits per heavy atom. The number of nitrogens with one attached hydrogen (secondary N) is 1. The van der Waals surface area contributed by atoms with Crippen molar-refractivity contribution in [1.29, 1.82) is 0 Å². The molecule has 2 aromatic rings. The van der Waals surface area contributed by atoms with E-state index in [4.69, 9.17) is 4.74 Å². The van der Waals surface area contributed by atoms with Crippen LogP contribution in [0.5, 0.6) is 0 Å². The van der Waals surface area contributed by atoms with Gasteiger partial charge in [0.2, 0.25) is 0 Å². The number of nitrogens with zero attached hydrogens (tertiary/aromatic N) is 3. The lowest BCUT2D eigenvalue weighted by Crippen LogP contribution is -2.45. The van der Waals surface area contributed by atoms with Gasteiger partial charge in [-0.25, -0.2) is 4.99 Å². The average Bonchev–Trinajstić information content (AvgIpc) is 3.23. The molecule has 2 aliphatic heterocycles. The third-order valence-corrected chi connectivity index (χ3v) is 9.63. The number of thioether (sulfide) groups is 1. The van der Waals surface area contributed by atoms with E-state index in [9.17, 15) is 9.59 Å². The van der Waals surface area contributed by atoms with Crippen LogP contribution < -0.4 is 5.32 Å². The van der Waals surface area contributed by atoms with Crippen LogP contribution >= 0.6 is 11.8 Å². The zero-order valence-electron chi connectivity index (χ0n) is 23.0. The molecule has 1 aromatic carbocycles. The molecule has 3 heterocycles. The highest BCUT2D eigenvalue weighted by Crippen LogP contribution is 2.39. The maximum atomic E-state index is 13.6. The van der Waals surface area contributed by atoms with Crippen molar-refractivity contribution in [3.05, 3.63) is 46.5 Å². The van der Waals surface area contributed by atoms with E-state index in [1.54, 1.807) is 11.8 Å². The Kier molecular flexibility index (Phi) is 8.41. The Labute approximate surface area is 230 Å². The summed E-state index contributed by atoms with van der Waals surface area (Å²) in [5.41, 5.74) is 3.54. The zero-order chi connectivity index (χ0) is 26.8. The Hall–Kier alpha value is -2.42. The number of rotatable bonds is 7. The van der Waals surface area contributed by atoms with Gasteiger partial charge in [0.1, 0.15) is 0 Å². The van der Waals surface area contributed by atoms with Gasteiger partial charge in [0.15, 0.2) is 0 Å².